The van der Waals surface area contributed by atoms with Crippen molar-refractivity contribution in [3.63, 3.8) is 0 Å². The first-order valence-corrected chi connectivity index (χ1v) is 12.3. The SMILES string of the molecule is O=C(c1ccccc1Cl)N(Cc1ccccc1Cl)N1C(=O)[C@@H]2C[C@@H](Br)[C@@H](Br)C[C@H]2C1=O. The first-order chi connectivity index (χ1) is 14.8. The van der Waals surface area contributed by atoms with E-state index < -0.39 is 17.7 Å². The number of alkyl halides is 2. The van der Waals surface area contributed by atoms with Crippen molar-refractivity contribution in [2.45, 2.75) is 29.0 Å². The lowest BCUT2D eigenvalue weighted by Gasteiger charge is -2.31. The Morgan fingerprint density at radius 3 is 1.97 bits per heavy atom. The number of carbonyl (C=O) groups excluding carboxylic acids is 3. The second kappa shape index (κ2) is 9.22. The van der Waals surface area contributed by atoms with E-state index in [2.05, 4.69) is 31.9 Å². The van der Waals surface area contributed by atoms with Gasteiger partial charge in [-0.25, -0.2) is 5.01 Å². The standard InChI is InChI=1S/C22H18Br2Cl2N2O3/c23-16-9-14-15(10-17(16)24)22(31)28(21(14)30)27(11-12-5-1-3-7-18(12)25)20(29)13-6-2-4-8-19(13)26/h1-8,14-17H,9-11H2/t14-,15-,16-,17+/m1/s1. The predicted molar refractivity (Wildman–Crippen MR) is 126 cm³/mol. The van der Waals surface area contributed by atoms with E-state index in [1.54, 1.807) is 48.5 Å². The van der Waals surface area contributed by atoms with Crippen LogP contribution in [0.2, 0.25) is 10.0 Å². The van der Waals surface area contributed by atoms with E-state index in [4.69, 9.17) is 23.2 Å². The Kier molecular flexibility index (Phi) is 6.77. The number of halogens is 4. The Labute approximate surface area is 206 Å². The number of benzene rings is 2. The summed E-state index contributed by atoms with van der Waals surface area (Å²) in [6.07, 6.45) is 1.03. The third-order valence-electron chi connectivity index (χ3n) is 5.75. The number of fused-ring (bicyclic) bond motifs is 1. The summed E-state index contributed by atoms with van der Waals surface area (Å²) in [5.74, 6) is -2.22. The number of carbonyl (C=O) groups is 3. The number of rotatable bonds is 4. The zero-order chi connectivity index (χ0) is 22.3. The van der Waals surface area contributed by atoms with Gasteiger partial charge in [-0.1, -0.05) is 85.4 Å². The molecule has 0 bridgehead atoms. The molecule has 0 aromatic heterocycles. The second-order valence-corrected chi connectivity index (χ2v) is 10.8. The number of amides is 3. The maximum atomic E-state index is 13.5. The summed E-state index contributed by atoms with van der Waals surface area (Å²) in [6, 6.07) is 13.6. The maximum absolute atomic E-state index is 13.5. The minimum Gasteiger partial charge on any atom is -0.272 e. The van der Waals surface area contributed by atoms with Gasteiger partial charge in [0.1, 0.15) is 0 Å². The molecule has 1 saturated heterocycles. The summed E-state index contributed by atoms with van der Waals surface area (Å²) in [5, 5.41) is 2.87. The van der Waals surface area contributed by atoms with Gasteiger partial charge in [0.15, 0.2) is 0 Å². The summed E-state index contributed by atoms with van der Waals surface area (Å²) in [6.45, 7) is -0.0316. The van der Waals surface area contributed by atoms with Crippen LogP contribution in [-0.4, -0.2) is 37.4 Å². The van der Waals surface area contributed by atoms with Gasteiger partial charge < -0.3 is 0 Å². The lowest BCUT2D eigenvalue weighted by Crippen LogP contribution is -2.50. The number of hydrogen-bond donors (Lipinski definition) is 0. The average molecular weight is 589 g/mol. The molecule has 1 aliphatic carbocycles. The van der Waals surface area contributed by atoms with Crippen LogP contribution < -0.4 is 0 Å². The van der Waals surface area contributed by atoms with Crippen molar-refractivity contribution in [2.24, 2.45) is 11.8 Å². The van der Waals surface area contributed by atoms with Crippen molar-refractivity contribution in [1.29, 1.82) is 0 Å². The first kappa shape index (κ1) is 22.8. The molecule has 31 heavy (non-hydrogen) atoms. The quantitative estimate of drug-likeness (QED) is 0.351. The monoisotopic (exact) mass is 586 g/mol. The third-order valence-corrected chi connectivity index (χ3v) is 9.18. The topological polar surface area (TPSA) is 57.7 Å². The predicted octanol–water partition coefficient (Wildman–Crippen LogP) is 5.47. The number of hydrogen-bond acceptors (Lipinski definition) is 3. The lowest BCUT2D eigenvalue weighted by atomic mass is 9.81. The molecule has 2 aromatic carbocycles. The van der Waals surface area contributed by atoms with Gasteiger partial charge >= 0.3 is 0 Å². The zero-order valence-corrected chi connectivity index (χ0v) is 20.9. The largest absolute Gasteiger partial charge is 0.274 e. The van der Waals surface area contributed by atoms with E-state index in [1.807, 2.05) is 0 Å². The Hall–Kier alpha value is -1.41. The van der Waals surface area contributed by atoms with Gasteiger partial charge in [-0.15, -0.1) is 0 Å². The van der Waals surface area contributed by atoms with Crippen molar-refractivity contribution >= 4 is 72.8 Å². The first-order valence-electron chi connectivity index (χ1n) is 9.75. The Balaban J connectivity index is 1.74. The summed E-state index contributed by atoms with van der Waals surface area (Å²) in [7, 11) is 0. The minimum absolute atomic E-state index is 0.0316. The fraction of sp³-hybridized carbons (Fsp3) is 0.318. The average Bonchev–Trinajstić information content (AvgIpc) is 2.97. The number of hydrazine groups is 1. The van der Waals surface area contributed by atoms with Gasteiger partial charge in [-0.3, -0.25) is 14.4 Å². The van der Waals surface area contributed by atoms with Gasteiger partial charge in [0.2, 0.25) is 0 Å². The van der Waals surface area contributed by atoms with Gasteiger partial charge in [0.25, 0.3) is 17.7 Å². The fourth-order valence-corrected chi connectivity index (χ4v) is 5.76. The number of nitrogens with zero attached hydrogens (tertiary/aromatic N) is 2. The van der Waals surface area contributed by atoms with Crippen molar-refractivity contribution in [3.8, 4) is 0 Å². The molecule has 0 N–H and O–H groups in total. The molecule has 3 amide bonds. The fourth-order valence-electron chi connectivity index (χ4n) is 4.11. The van der Waals surface area contributed by atoms with Gasteiger partial charge in [-0.05, 0) is 36.6 Å². The van der Waals surface area contributed by atoms with Gasteiger partial charge in [0.05, 0.1) is 29.0 Å². The van der Waals surface area contributed by atoms with Crippen molar-refractivity contribution in [2.75, 3.05) is 0 Å². The molecule has 2 fully saturated rings. The highest BCUT2D eigenvalue weighted by atomic mass is 79.9. The molecule has 2 aromatic rings. The Bertz CT molecular complexity index is 1020. The molecule has 0 spiro atoms. The van der Waals surface area contributed by atoms with Crippen molar-refractivity contribution in [3.05, 3.63) is 69.7 Å². The Morgan fingerprint density at radius 1 is 0.903 bits per heavy atom. The molecule has 9 heteroatoms. The van der Waals surface area contributed by atoms with Gasteiger partial charge in [-0.2, -0.15) is 5.01 Å². The summed E-state index contributed by atoms with van der Waals surface area (Å²) in [5.41, 5.74) is 0.834. The maximum Gasteiger partial charge on any atom is 0.274 e. The third kappa shape index (κ3) is 4.30. The van der Waals surface area contributed by atoms with E-state index in [1.165, 1.54) is 5.01 Å². The lowest BCUT2D eigenvalue weighted by molar-refractivity contribution is -0.155. The molecule has 1 aliphatic heterocycles. The van der Waals surface area contributed by atoms with E-state index in [0.29, 0.717) is 23.4 Å². The molecule has 2 aliphatic rings. The van der Waals surface area contributed by atoms with Crippen molar-refractivity contribution in [1.82, 2.24) is 10.0 Å². The molecular formula is C22H18Br2Cl2N2O3. The molecule has 0 unspecified atom stereocenters. The highest BCUT2D eigenvalue weighted by Crippen LogP contribution is 2.44. The summed E-state index contributed by atoms with van der Waals surface area (Å²) < 4.78 is 0. The van der Waals surface area contributed by atoms with Crippen LogP contribution in [0.25, 0.3) is 0 Å². The molecule has 1 heterocycles. The van der Waals surface area contributed by atoms with Crippen LogP contribution in [0, 0.1) is 11.8 Å². The van der Waals surface area contributed by atoms with Crippen LogP contribution in [0.5, 0.6) is 0 Å². The van der Waals surface area contributed by atoms with E-state index >= 15 is 0 Å². The minimum atomic E-state index is -0.531. The smallest absolute Gasteiger partial charge is 0.272 e. The van der Waals surface area contributed by atoms with E-state index in [9.17, 15) is 14.4 Å². The normalized spacial score (nSPS) is 25.5. The molecule has 162 valence electrons. The Morgan fingerprint density at radius 2 is 1.42 bits per heavy atom. The number of imide groups is 1. The zero-order valence-electron chi connectivity index (χ0n) is 16.2. The van der Waals surface area contributed by atoms with E-state index in [-0.39, 0.29) is 38.6 Å². The highest BCUT2D eigenvalue weighted by molar-refractivity contribution is 9.12. The van der Waals surface area contributed by atoms with E-state index in [0.717, 1.165) is 5.01 Å². The van der Waals surface area contributed by atoms with Crippen molar-refractivity contribution < 1.29 is 14.4 Å². The summed E-state index contributed by atoms with van der Waals surface area (Å²) >= 11 is 19.8. The van der Waals surface area contributed by atoms with Crippen LogP contribution in [0.3, 0.4) is 0 Å². The molecule has 4 rings (SSSR count). The molecule has 4 atom stereocenters. The van der Waals surface area contributed by atoms with Gasteiger partial charge in [0, 0.05) is 14.7 Å². The molecule has 5 nitrogen and oxygen atoms in total. The molecular weight excluding hydrogens is 571 g/mol. The summed E-state index contributed by atoms with van der Waals surface area (Å²) in [4.78, 5) is 40.4. The van der Waals surface area contributed by atoms with Crippen LogP contribution in [-0.2, 0) is 16.1 Å². The van der Waals surface area contributed by atoms with Crippen LogP contribution in [0.15, 0.2) is 48.5 Å². The van der Waals surface area contributed by atoms with Crippen LogP contribution in [0.1, 0.15) is 28.8 Å². The molecule has 0 radical (unpaired) electrons. The second-order valence-electron chi connectivity index (χ2n) is 7.64. The van der Waals surface area contributed by atoms with Crippen LogP contribution in [0.4, 0.5) is 0 Å². The highest BCUT2D eigenvalue weighted by Gasteiger charge is 2.54. The molecule has 1 saturated carbocycles. The van der Waals surface area contributed by atoms with Crippen LogP contribution >= 0.6 is 55.1 Å².